The number of nitrogens with zero attached hydrogens (tertiary/aromatic N) is 3. The number of aromatic nitrogens is 2. The average Bonchev–Trinajstić information content (AvgIpc) is 2.69. The first kappa shape index (κ1) is 19.8. The maximum Gasteiger partial charge on any atom is 0.316 e. The Morgan fingerprint density at radius 2 is 1.93 bits per heavy atom. The highest BCUT2D eigenvalue weighted by atomic mass is 79.9. The van der Waals surface area contributed by atoms with Crippen molar-refractivity contribution >= 4 is 26.0 Å². The molecule has 0 aliphatic carbocycles. The second-order valence-electron chi connectivity index (χ2n) is 5.95. The lowest BCUT2D eigenvalue weighted by Gasteiger charge is -2.31. The van der Waals surface area contributed by atoms with Gasteiger partial charge in [0.25, 0.3) is 0 Å². The number of hydrogen-bond acceptors (Lipinski definition) is 7. The van der Waals surface area contributed by atoms with Crippen LogP contribution >= 0.6 is 15.9 Å². The van der Waals surface area contributed by atoms with E-state index in [1.165, 1.54) is 24.6 Å². The molecule has 1 unspecified atom stereocenters. The summed E-state index contributed by atoms with van der Waals surface area (Å²) in [5.41, 5.74) is 0. The summed E-state index contributed by atoms with van der Waals surface area (Å²) >= 11 is 3.27. The first-order chi connectivity index (χ1) is 12.9. The molecule has 8 nitrogen and oxygen atoms in total. The van der Waals surface area contributed by atoms with Crippen molar-refractivity contribution in [3.63, 3.8) is 0 Å². The molecule has 1 aliphatic rings. The Morgan fingerprint density at radius 3 is 2.59 bits per heavy atom. The van der Waals surface area contributed by atoms with Crippen molar-refractivity contribution in [1.29, 1.82) is 0 Å². The van der Waals surface area contributed by atoms with Crippen LogP contribution in [0.3, 0.4) is 0 Å². The van der Waals surface area contributed by atoms with Crippen LogP contribution in [-0.2, 0) is 10.0 Å². The van der Waals surface area contributed by atoms with Gasteiger partial charge in [-0.25, -0.2) is 18.4 Å². The Labute approximate surface area is 166 Å². The fraction of sp³-hybridized carbons (Fsp3) is 0.412. The van der Waals surface area contributed by atoms with E-state index >= 15 is 0 Å². The Balaban J connectivity index is 1.79. The molecule has 1 aromatic heterocycles. The Kier molecular flexibility index (Phi) is 6.18. The predicted octanol–water partition coefficient (Wildman–Crippen LogP) is 2.49. The van der Waals surface area contributed by atoms with E-state index in [1.807, 2.05) is 0 Å². The molecule has 146 valence electrons. The highest BCUT2D eigenvalue weighted by molar-refractivity contribution is 9.10. The lowest BCUT2D eigenvalue weighted by Crippen LogP contribution is -2.44. The van der Waals surface area contributed by atoms with E-state index in [9.17, 15) is 8.42 Å². The Bertz CT molecular complexity index is 892. The fourth-order valence-corrected chi connectivity index (χ4v) is 4.71. The van der Waals surface area contributed by atoms with Crippen LogP contribution in [0.25, 0.3) is 0 Å². The molecule has 0 amide bonds. The van der Waals surface area contributed by atoms with Gasteiger partial charge in [0.05, 0.1) is 25.2 Å². The monoisotopic (exact) mass is 457 g/mol. The van der Waals surface area contributed by atoms with Gasteiger partial charge in [0.1, 0.15) is 22.5 Å². The van der Waals surface area contributed by atoms with E-state index in [2.05, 4.69) is 25.9 Å². The van der Waals surface area contributed by atoms with E-state index in [1.54, 1.807) is 24.5 Å². The van der Waals surface area contributed by atoms with Crippen molar-refractivity contribution in [2.45, 2.75) is 23.8 Å². The molecule has 0 bridgehead atoms. The van der Waals surface area contributed by atoms with Crippen molar-refractivity contribution in [3.05, 3.63) is 35.1 Å². The van der Waals surface area contributed by atoms with Gasteiger partial charge < -0.3 is 14.2 Å². The third kappa shape index (κ3) is 4.50. The zero-order valence-corrected chi connectivity index (χ0v) is 17.4. The van der Waals surface area contributed by atoms with Gasteiger partial charge in [0, 0.05) is 25.0 Å². The molecule has 1 aromatic carbocycles. The SMILES string of the molecule is COc1ccc(S(=O)(=O)N2CCCC(Oc3ncc(Br)cn3)C2)c(OC)c1. The molecule has 0 saturated carbocycles. The summed E-state index contributed by atoms with van der Waals surface area (Å²) in [6, 6.07) is 4.88. The second kappa shape index (κ2) is 8.41. The van der Waals surface area contributed by atoms with Crippen molar-refractivity contribution in [1.82, 2.24) is 14.3 Å². The van der Waals surface area contributed by atoms with Gasteiger partial charge in [-0.05, 0) is 40.9 Å². The van der Waals surface area contributed by atoms with E-state index in [4.69, 9.17) is 14.2 Å². The zero-order chi connectivity index (χ0) is 19.4. The van der Waals surface area contributed by atoms with Crippen molar-refractivity contribution in [2.24, 2.45) is 0 Å². The molecule has 0 spiro atoms. The molecule has 1 fully saturated rings. The number of halogens is 1. The minimum Gasteiger partial charge on any atom is -0.497 e. The minimum atomic E-state index is -3.74. The topological polar surface area (TPSA) is 90.9 Å². The molecular formula is C17H20BrN3O5S. The van der Waals surface area contributed by atoms with Crippen LogP contribution in [0.4, 0.5) is 0 Å². The number of methoxy groups -OCH3 is 2. The molecule has 1 saturated heterocycles. The smallest absolute Gasteiger partial charge is 0.316 e. The normalized spacial score (nSPS) is 18.1. The number of hydrogen-bond donors (Lipinski definition) is 0. The van der Waals surface area contributed by atoms with Crippen molar-refractivity contribution in [2.75, 3.05) is 27.3 Å². The van der Waals surface area contributed by atoms with Gasteiger partial charge in [-0.1, -0.05) is 0 Å². The van der Waals surface area contributed by atoms with E-state index in [0.29, 0.717) is 18.7 Å². The summed E-state index contributed by atoms with van der Waals surface area (Å²) in [6.45, 7) is 0.634. The van der Waals surface area contributed by atoms with Gasteiger partial charge in [-0.3, -0.25) is 0 Å². The molecule has 0 N–H and O–H groups in total. The molecule has 1 atom stereocenters. The first-order valence-electron chi connectivity index (χ1n) is 8.30. The number of sulfonamides is 1. The molecule has 1 aliphatic heterocycles. The van der Waals surface area contributed by atoms with Crippen LogP contribution in [0.15, 0.2) is 40.0 Å². The molecule has 3 rings (SSSR count). The van der Waals surface area contributed by atoms with Crippen LogP contribution in [0.1, 0.15) is 12.8 Å². The summed E-state index contributed by atoms with van der Waals surface area (Å²) in [5.74, 6) is 0.770. The highest BCUT2D eigenvalue weighted by Gasteiger charge is 2.33. The van der Waals surface area contributed by atoms with Gasteiger partial charge in [0.15, 0.2) is 0 Å². The Hall–Kier alpha value is -1.91. The van der Waals surface area contributed by atoms with Crippen LogP contribution in [0.5, 0.6) is 17.5 Å². The van der Waals surface area contributed by atoms with E-state index in [-0.39, 0.29) is 29.3 Å². The number of rotatable bonds is 6. The zero-order valence-electron chi connectivity index (χ0n) is 15.0. The Morgan fingerprint density at radius 1 is 1.19 bits per heavy atom. The van der Waals surface area contributed by atoms with Gasteiger partial charge in [-0.2, -0.15) is 4.31 Å². The number of benzene rings is 1. The van der Waals surface area contributed by atoms with Crippen LogP contribution in [0.2, 0.25) is 0 Å². The summed E-state index contributed by atoms with van der Waals surface area (Å²) in [6.07, 6.45) is 4.26. The molecule has 2 aromatic rings. The lowest BCUT2D eigenvalue weighted by atomic mass is 10.1. The van der Waals surface area contributed by atoms with Crippen molar-refractivity contribution in [3.8, 4) is 17.5 Å². The minimum absolute atomic E-state index is 0.103. The molecule has 10 heteroatoms. The fourth-order valence-electron chi connectivity index (χ4n) is 2.86. The standard InChI is InChI=1S/C17H20BrN3O5S/c1-24-13-5-6-16(15(8-13)25-2)27(22,23)21-7-3-4-14(11-21)26-17-19-9-12(18)10-20-17/h5-6,8-10,14H,3-4,7,11H2,1-2H3. The molecule has 27 heavy (non-hydrogen) atoms. The molecule has 2 heterocycles. The van der Waals surface area contributed by atoms with Gasteiger partial charge >= 0.3 is 6.01 Å². The number of ether oxygens (including phenoxy) is 3. The third-order valence-corrected chi connectivity index (χ3v) is 6.51. The van der Waals surface area contributed by atoms with E-state index < -0.39 is 10.0 Å². The highest BCUT2D eigenvalue weighted by Crippen LogP contribution is 2.32. The third-order valence-electron chi connectivity index (χ3n) is 4.20. The van der Waals surface area contributed by atoms with Crippen molar-refractivity contribution < 1.29 is 22.6 Å². The molecule has 0 radical (unpaired) electrons. The lowest BCUT2D eigenvalue weighted by molar-refractivity contribution is 0.119. The second-order valence-corrected chi connectivity index (χ2v) is 8.77. The van der Waals surface area contributed by atoms with Gasteiger partial charge in [-0.15, -0.1) is 0 Å². The van der Waals surface area contributed by atoms with Crippen LogP contribution < -0.4 is 14.2 Å². The number of piperidine rings is 1. The average molecular weight is 458 g/mol. The largest absolute Gasteiger partial charge is 0.497 e. The maximum atomic E-state index is 13.1. The quantitative estimate of drug-likeness (QED) is 0.657. The molecular weight excluding hydrogens is 438 g/mol. The maximum absolute atomic E-state index is 13.1. The summed E-state index contributed by atoms with van der Waals surface area (Å²) < 4.78 is 44.6. The van der Waals surface area contributed by atoms with Crippen LogP contribution in [-0.4, -0.2) is 56.1 Å². The summed E-state index contributed by atoms with van der Waals surface area (Å²) in [4.78, 5) is 8.27. The predicted molar refractivity (Wildman–Crippen MR) is 102 cm³/mol. The van der Waals surface area contributed by atoms with Gasteiger partial charge in [0.2, 0.25) is 10.0 Å². The van der Waals surface area contributed by atoms with Crippen LogP contribution in [0, 0.1) is 0 Å². The van der Waals surface area contributed by atoms with E-state index in [0.717, 1.165) is 10.9 Å². The summed E-state index contributed by atoms with van der Waals surface area (Å²) in [7, 11) is -0.792. The first-order valence-corrected chi connectivity index (χ1v) is 10.5. The summed E-state index contributed by atoms with van der Waals surface area (Å²) in [5, 5.41) is 0.